The molecule has 4 aliphatic rings. The predicted molar refractivity (Wildman–Crippen MR) is 243 cm³/mol. The number of allylic oxidation sites excluding steroid dienone is 1. The minimum atomic E-state index is -0.991. The SMILES string of the molecule is C=CCn1c(=O)c2cnc(Nc3ccc(N4CCC(CN5CCN(c6ccc7c(C8CCC(=O)NC8=O)nn(C)c7c6)CC5)CC4)cc3)nc2n1-c1ccc2c(n1)[C@@](O)(CC)CC2. The van der Waals surface area contributed by atoms with Gasteiger partial charge in [0.25, 0.3) is 5.56 Å². The molecule has 0 spiro atoms. The summed E-state index contributed by atoms with van der Waals surface area (Å²) in [5.41, 5.74) is 5.83. The van der Waals surface area contributed by atoms with Gasteiger partial charge in [-0.05, 0) is 98.5 Å². The third-order valence-electron chi connectivity index (χ3n) is 13.8. The highest BCUT2D eigenvalue weighted by atomic mass is 16.3. The Bertz CT molecular complexity index is 2790. The number of imide groups is 1. The van der Waals surface area contributed by atoms with Crippen LogP contribution in [0.1, 0.15) is 68.3 Å². The molecule has 10 rings (SSSR count). The topological polar surface area (TPSA) is 172 Å². The second-order valence-corrected chi connectivity index (χ2v) is 17.6. The van der Waals surface area contributed by atoms with Crippen molar-refractivity contribution in [1.29, 1.82) is 0 Å². The maximum atomic E-state index is 13.6. The molecule has 1 unspecified atom stereocenters. The molecule has 2 atom stereocenters. The number of aliphatic hydroxyl groups is 1. The van der Waals surface area contributed by atoms with Crippen LogP contribution in [0, 0.1) is 5.92 Å². The Hall–Kier alpha value is -6.39. The van der Waals surface area contributed by atoms with Crippen molar-refractivity contribution in [3.8, 4) is 5.82 Å². The van der Waals surface area contributed by atoms with E-state index in [1.165, 1.54) is 11.4 Å². The van der Waals surface area contributed by atoms with E-state index in [1.54, 1.807) is 21.6 Å². The summed E-state index contributed by atoms with van der Waals surface area (Å²) in [6.45, 7) is 13.2. The van der Waals surface area contributed by atoms with Crippen LogP contribution in [0.15, 0.2) is 78.2 Å². The lowest BCUT2D eigenvalue weighted by Gasteiger charge is -2.40. The van der Waals surface area contributed by atoms with Crippen molar-refractivity contribution in [3.05, 3.63) is 101 Å². The Kier molecular flexibility index (Phi) is 10.6. The Morgan fingerprint density at radius 2 is 1.67 bits per heavy atom. The number of piperidine rings is 2. The molecule has 2 amide bonds. The lowest BCUT2D eigenvalue weighted by atomic mass is 9.93. The fourth-order valence-corrected chi connectivity index (χ4v) is 10.1. The smallest absolute Gasteiger partial charge is 0.278 e. The molecular weight excluding hydrogens is 797 g/mol. The highest BCUT2D eigenvalue weighted by Crippen LogP contribution is 2.39. The first kappa shape index (κ1) is 40.7. The average molecular weight is 851 g/mol. The minimum Gasteiger partial charge on any atom is -0.384 e. The molecular formula is C47H54N12O4. The van der Waals surface area contributed by atoms with E-state index in [0.717, 1.165) is 92.9 Å². The highest BCUT2D eigenvalue weighted by Gasteiger charge is 2.37. The largest absolute Gasteiger partial charge is 0.384 e. The molecule has 3 saturated heterocycles. The Morgan fingerprint density at radius 3 is 2.41 bits per heavy atom. The van der Waals surface area contributed by atoms with Crippen LogP contribution in [-0.4, -0.2) is 102 Å². The van der Waals surface area contributed by atoms with Crippen molar-refractivity contribution in [3.63, 3.8) is 0 Å². The molecule has 0 bridgehead atoms. The number of anilines is 4. The van der Waals surface area contributed by atoms with Crippen molar-refractivity contribution in [2.75, 3.05) is 60.9 Å². The molecule has 2 aromatic carbocycles. The third-order valence-corrected chi connectivity index (χ3v) is 13.8. The minimum absolute atomic E-state index is 0.214. The van der Waals surface area contributed by atoms with E-state index in [9.17, 15) is 19.5 Å². The van der Waals surface area contributed by atoms with Crippen molar-refractivity contribution < 1.29 is 14.7 Å². The number of aromatic nitrogens is 7. The van der Waals surface area contributed by atoms with E-state index in [4.69, 9.17) is 15.1 Å². The fraction of sp³-hybridized carbons (Fsp3) is 0.426. The van der Waals surface area contributed by atoms with E-state index in [0.29, 0.717) is 60.1 Å². The van der Waals surface area contributed by atoms with Crippen LogP contribution in [0.3, 0.4) is 0 Å². The molecule has 0 saturated carbocycles. The van der Waals surface area contributed by atoms with Gasteiger partial charge in [-0.3, -0.25) is 29.3 Å². The van der Waals surface area contributed by atoms with Crippen LogP contribution >= 0.6 is 0 Å². The molecule has 3 N–H and O–H groups in total. The van der Waals surface area contributed by atoms with Gasteiger partial charge >= 0.3 is 0 Å². The molecule has 16 heteroatoms. The van der Waals surface area contributed by atoms with Crippen LogP contribution in [-0.2, 0) is 35.2 Å². The number of piperazine rings is 1. The molecule has 326 valence electrons. The number of nitrogens with one attached hydrogen (secondary N) is 2. The van der Waals surface area contributed by atoms with Gasteiger partial charge in [-0.1, -0.05) is 19.1 Å². The Balaban J connectivity index is 0.744. The standard InChI is InChI=1S/C47H54N12O4/c1-4-20-58-45(62)37-28-48-46(52-43(37)59(58)39-14-6-31-16-19-47(63,5-2)42(31)50-39)49-32-7-9-33(10-8-32)56-21-17-30(18-22-56)29-55-23-25-57(26-24-55)34-11-12-35-38(27-34)54(3)53-41(35)36-13-15-40(60)51-44(36)61/h4,6-12,14,27-28,30,36,63H,1,5,13,15-26,29H2,2-3H3,(H,48,49,52)(H,51,60,61)/t36?,47-/m1/s1. The summed E-state index contributed by atoms with van der Waals surface area (Å²) in [4.78, 5) is 59.6. The fourth-order valence-electron chi connectivity index (χ4n) is 10.1. The summed E-state index contributed by atoms with van der Waals surface area (Å²) < 4.78 is 5.12. The molecule has 63 heavy (non-hydrogen) atoms. The number of carbonyl (C=O) groups is 2. The van der Waals surface area contributed by atoms with Crippen molar-refractivity contribution in [2.24, 2.45) is 13.0 Å². The van der Waals surface area contributed by atoms with E-state index >= 15 is 0 Å². The third kappa shape index (κ3) is 7.54. The monoisotopic (exact) mass is 850 g/mol. The lowest BCUT2D eigenvalue weighted by Crippen LogP contribution is -2.49. The van der Waals surface area contributed by atoms with Crippen LogP contribution in [0.4, 0.5) is 23.0 Å². The van der Waals surface area contributed by atoms with Crippen LogP contribution in [0.5, 0.6) is 0 Å². The molecule has 16 nitrogen and oxygen atoms in total. The second kappa shape index (κ2) is 16.4. The van der Waals surface area contributed by atoms with Gasteiger partial charge in [-0.25, -0.2) is 19.3 Å². The first-order valence-electron chi connectivity index (χ1n) is 22.3. The van der Waals surface area contributed by atoms with Gasteiger partial charge in [0.2, 0.25) is 17.8 Å². The zero-order valence-corrected chi connectivity index (χ0v) is 36.0. The van der Waals surface area contributed by atoms with Crippen LogP contribution in [0.2, 0.25) is 0 Å². The van der Waals surface area contributed by atoms with Gasteiger partial charge < -0.3 is 20.2 Å². The number of hydrogen-bond donors (Lipinski definition) is 3. The van der Waals surface area contributed by atoms with Crippen LogP contribution < -0.4 is 26.0 Å². The first-order chi connectivity index (χ1) is 30.6. The Labute approximate surface area is 365 Å². The van der Waals surface area contributed by atoms with Gasteiger partial charge in [0.15, 0.2) is 11.5 Å². The lowest BCUT2D eigenvalue weighted by molar-refractivity contribution is -0.134. The summed E-state index contributed by atoms with van der Waals surface area (Å²) in [6, 6.07) is 18.6. The number of benzene rings is 2. The maximum Gasteiger partial charge on any atom is 0.278 e. The normalized spacial score (nSPS) is 21.0. The van der Waals surface area contributed by atoms with Gasteiger partial charge in [-0.15, -0.1) is 6.58 Å². The van der Waals surface area contributed by atoms with Crippen molar-refractivity contribution in [1.82, 2.24) is 44.3 Å². The van der Waals surface area contributed by atoms with Gasteiger partial charge in [-0.2, -0.15) is 10.1 Å². The number of aryl methyl sites for hydroxylation is 2. The van der Waals surface area contributed by atoms with E-state index < -0.39 is 11.5 Å². The van der Waals surface area contributed by atoms with Crippen LogP contribution in [0.25, 0.3) is 27.8 Å². The number of rotatable bonds is 11. The predicted octanol–water partition coefficient (Wildman–Crippen LogP) is 4.90. The molecule has 6 aromatic rings. The van der Waals surface area contributed by atoms with E-state index in [2.05, 4.69) is 67.2 Å². The quantitative estimate of drug-likeness (QED) is 0.119. The number of pyridine rings is 1. The zero-order chi connectivity index (χ0) is 43.4. The summed E-state index contributed by atoms with van der Waals surface area (Å²) in [5.74, 6) is 0.652. The maximum absolute atomic E-state index is 13.6. The van der Waals surface area contributed by atoms with E-state index in [1.807, 2.05) is 42.9 Å². The molecule has 3 aliphatic heterocycles. The van der Waals surface area contributed by atoms with Gasteiger partial charge in [0.1, 0.15) is 11.0 Å². The summed E-state index contributed by atoms with van der Waals surface area (Å²) in [6.07, 6.45) is 8.29. The number of fused-ring (bicyclic) bond motifs is 3. The first-order valence-corrected chi connectivity index (χ1v) is 22.3. The van der Waals surface area contributed by atoms with Gasteiger partial charge in [0, 0.05) is 87.9 Å². The number of hydrogen-bond acceptors (Lipinski definition) is 12. The second-order valence-electron chi connectivity index (χ2n) is 17.6. The summed E-state index contributed by atoms with van der Waals surface area (Å²) in [5, 5.41) is 23.2. The van der Waals surface area contributed by atoms with Crippen molar-refractivity contribution in [2.45, 2.75) is 69.9 Å². The van der Waals surface area contributed by atoms with Gasteiger partial charge in [0.05, 0.1) is 29.4 Å². The highest BCUT2D eigenvalue weighted by molar-refractivity contribution is 6.02. The number of carbonyl (C=O) groups excluding carboxylic acids is 2. The number of nitrogens with zero attached hydrogens (tertiary/aromatic N) is 10. The van der Waals surface area contributed by atoms with E-state index in [-0.39, 0.29) is 23.9 Å². The number of amides is 2. The summed E-state index contributed by atoms with van der Waals surface area (Å²) >= 11 is 0. The molecule has 1 aliphatic carbocycles. The van der Waals surface area contributed by atoms with Crippen molar-refractivity contribution >= 4 is 56.8 Å². The molecule has 4 aromatic heterocycles. The molecule has 7 heterocycles. The molecule has 3 fully saturated rings. The molecule has 0 radical (unpaired) electrons. The zero-order valence-electron chi connectivity index (χ0n) is 36.0. The summed E-state index contributed by atoms with van der Waals surface area (Å²) in [7, 11) is 1.92. The Morgan fingerprint density at radius 1 is 0.905 bits per heavy atom. The average Bonchev–Trinajstić information content (AvgIpc) is 3.91.